The summed E-state index contributed by atoms with van der Waals surface area (Å²) in [5, 5.41) is 0. The van der Waals surface area contributed by atoms with Crippen LogP contribution >= 0.6 is 0 Å². The van der Waals surface area contributed by atoms with E-state index in [2.05, 4.69) is 0 Å². The first-order valence-electron chi connectivity index (χ1n) is 6.29. The molecule has 0 aliphatic rings. The zero-order chi connectivity index (χ0) is 15.5. The van der Waals surface area contributed by atoms with Gasteiger partial charge in [0.2, 0.25) is 5.91 Å². The van der Waals surface area contributed by atoms with Crippen molar-refractivity contribution in [2.45, 2.75) is 19.1 Å². The molecule has 1 aromatic heterocycles. The molecule has 0 radical (unpaired) electrons. The second-order valence-corrected chi connectivity index (χ2v) is 4.70. The van der Waals surface area contributed by atoms with Crippen LogP contribution < -0.4 is 0 Å². The molecule has 3 nitrogen and oxygen atoms in total. The Bertz CT molecular complexity index is 606. The molecule has 0 fully saturated rings. The first-order valence-corrected chi connectivity index (χ1v) is 6.29. The van der Waals surface area contributed by atoms with Gasteiger partial charge in [0.25, 0.3) is 0 Å². The Hall–Kier alpha value is -2.24. The van der Waals surface area contributed by atoms with Gasteiger partial charge in [-0.05, 0) is 23.8 Å². The van der Waals surface area contributed by atoms with Crippen LogP contribution in [0, 0.1) is 0 Å². The van der Waals surface area contributed by atoms with Gasteiger partial charge in [-0.3, -0.25) is 4.79 Å². The zero-order valence-corrected chi connectivity index (χ0v) is 11.4. The fraction of sp³-hybridized carbons (Fsp3) is 0.267. The lowest BCUT2D eigenvalue weighted by atomic mass is 10.1. The highest BCUT2D eigenvalue weighted by atomic mass is 19.4. The van der Waals surface area contributed by atoms with E-state index in [-0.39, 0.29) is 18.9 Å². The van der Waals surface area contributed by atoms with Crippen LogP contribution in [0.4, 0.5) is 13.2 Å². The Morgan fingerprint density at radius 1 is 1.24 bits per heavy atom. The fourth-order valence-electron chi connectivity index (χ4n) is 1.89. The molecule has 0 N–H and O–H groups in total. The summed E-state index contributed by atoms with van der Waals surface area (Å²) < 4.78 is 43.0. The second kappa shape index (κ2) is 6.03. The Morgan fingerprint density at radius 2 is 2.00 bits per heavy atom. The smallest absolute Gasteiger partial charge is 0.416 e. The fourth-order valence-corrected chi connectivity index (χ4v) is 1.89. The summed E-state index contributed by atoms with van der Waals surface area (Å²) in [6.45, 7) is 0.283. The summed E-state index contributed by atoms with van der Waals surface area (Å²) in [4.78, 5) is 13.4. The van der Waals surface area contributed by atoms with Gasteiger partial charge in [-0.15, -0.1) is 0 Å². The van der Waals surface area contributed by atoms with Crippen molar-refractivity contribution in [2.75, 3.05) is 7.05 Å². The molecule has 0 aliphatic heterocycles. The van der Waals surface area contributed by atoms with Crippen LogP contribution in [0.3, 0.4) is 0 Å². The number of hydrogen-bond acceptors (Lipinski definition) is 2. The number of carbonyl (C=O) groups excluding carboxylic acids is 1. The lowest BCUT2D eigenvalue weighted by molar-refractivity contribution is -0.138. The summed E-state index contributed by atoms with van der Waals surface area (Å²) in [7, 11) is 1.58. The maximum absolute atomic E-state index is 12.6. The first kappa shape index (κ1) is 15.2. The normalized spacial score (nSPS) is 11.4. The monoisotopic (exact) mass is 297 g/mol. The quantitative estimate of drug-likeness (QED) is 0.865. The van der Waals surface area contributed by atoms with Crippen molar-refractivity contribution in [3.8, 4) is 0 Å². The molecule has 1 amide bonds. The van der Waals surface area contributed by atoms with Crippen LogP contribution in [0.1, 0.15) is 16.9 Å². The van der Waals surface area contributed by atoms with Gasteiger partial charge >= 0.3 is 6.18 Å². The third-order valence-electron chi connectivity index (χ3n) is 3.01. The average molecular weight is 297 g/mol. The molecule has 0 atom stereocenters. The van der Waals surface area contributed by atoms with Crippen LogP contribution in [-0.4, -0.2) is 17.9 Å². The molecule has 0 spiro atoms. The van der Waals surface area contributed by atoms with Crippen LogP contribution in [-0.2, 0) is 23.9 Å². The topological polar surface area (TPSA) is 33.5 Å². The average Bonchev–Trinajstić information content (AvgIpc) is 2.91. The van der Waals surface area contributed by atoms with Gasteiger partial charge in [0.05, 0.1) is 24.8 Å². The van der Waals surface area contributed by atoms with Crippen molar-refractivity contribution in [3.05, 3.63) is 59.5 Å². The molecular formula is C15H14F3NO2. The van der Waals surface area contributed by atoms with E-state index < -0.39 is 11.7 Å². The maximum atomic E-state index is 12.6. The van der Waals surface area contributed by atoms with Crippen molar-refractivity contribution in [3.63, 3.8) is 0 Å². The molecule has 2 aromatic rings. The predicted octanol–water partition coefficient (Wildman–Crippen LogP) is 3.50. The van der Waals surface area contributed by atoms with E-state index in [1.54, 1.807) is 19.2 Å². The van der Waals surface area contributed by atoms with E-state index in [1.165, 1.54) is 23.3 Å². The molecule has 0 bridgehead atoms. The Labute approximate surface area is 120 Å². The van der Waals surface area contributed by atoms with Crippen molar-refractivity contribution < 1.29 is 22.4 Å². The molecule has 0 unspecified atom stereocenters. The molecule has 0 saturated carbocycles. The molecular weight excluding hydrogens is 283 g/mol. The first-order chi connectivity index (χ1) is 9.86. The van der Waals surface area contributed by atoms with Crippen LogP contribution in [0.15, 0.2) is 47.1 Å². The molecule has 0 saturated heterocycles. The van der Waals surface area contributed by atoms with Gasteiger partial charge < -0.3 is 9.32 Å². The number of halogens is 3. The van der Waals surface area contributed by atoms with Crippen molar-refractivity contribution in [1.82, 2.24) is 4.90 Å². The van der Waals surface area contributed by atoms with E-state index in [9.17, 15) is 18.0 Å². The zero-order valence-electron chi connectivity index (χ0n) is 11.4. The van der Waals surface area contributed by atoms with Crippen molar-refractivity contribution in [2.24, 2.45) is 0 Å². The number of hydrogen-bond donors (Lipinski definition) is 0. The minimum atomic E-state index is -4.40. The summed E-state index contributed by atoms with van der Waals surface area (Å²) in [5.41, 5.74) is -0.414. The van der Waals surface area contributed by atoms with Gasteiger partial charge in [-0.1, -0.05) is 18.2 Å². The van der Waals surface area contributed by atoms with E-state index in [0.29, 0.717) is 11.3 Å². The van der Waals surface area contributed by atoms with Crippen LogP contribution in [0.5, 0.6) is 0 Å². The molecule has 1 aromatic carbocycles. The molecule has 0 aliphatic carbocycles. The Balaban J connectivity index is 2.02. The Morgan fingerprint density at radius 3 is 2.62 bits per heavy atom. The van der Waals surface area contributed by atoms with Crippen LogP contribution in [0.2, 0.25) is 0 Å². The van der Waals surface area contributed by atoms with Crippen LogP contribution in [0.25, 0.3) is 0 Å². The van der Waals surface area contributed by atoms with E-state index in [1.807, 2.05) is 0 Å². The Kier molecular flexibility index (Phi) is 4.35. The summed E-state index contributed by atoms with van der Waals surface area (Å²) >= 11 is 0. The highest BCUT2D eigenvalue weighted by molar-refractivity contribution is 5.78. The van der Waals surface area contributed by atoms with Gasteiger partial charge in [-0.2, -0.15) is 13.2 Å². The number of likely N-dealkylation sites (N-methyl/N-ethyl adjacent to an activating group) is 1. The van der Waals surface area contributed by atoms with E-state index in [4.69, 9.17) is 4.42 Å². The van der Waals surface area contributed by atoms with E-state index in [0.717, 1.165) is 12.1 Å². The van der Waals surface area contributed by atoms with Gasteiger partial charge in [0.15, 0.2) is 0 Å². The van der Waals surface area contributed by atoms with Gasteiger partial charge in [0, 0.05) is 7.05 Å². The number of amides is 1. The SMILES string of the molecule is CN(Cc1ccco1)C(=O)Cc1cccc(C(F)(F)F)c1. The summed E-state index contributed by atoms with van der Waals surface area (Å²) in [5.74, 6) is 0.348. The summed E-state index contributed by atoms with van der Waals surface area (Å²) in [6.07, 6.45) is -2.99. The second-order valence-electron chi connectivity index (χ2n) is 4.70. The molecule has 112 valence electrons. The highest BCUT2D eigenvalue weighted by Crippen LogP contribution is 2.29. The van der Waals surface area contributed by atoms with Gasteiger partial charge in [-0.25, -0.2) is 0 Å². The third-order valence-corrected chi connectivity index (χ3v) is 3.01. The lowest BCUT2D eigenvalue weighted by Gasteiger charge is -2.16. The maximum Gasteiger partial charge on any atom is 0.416 e. The number of alkyl halides is 3. The number of benzene rings is 1. The van der Waals surface area contributed by atoms with E-state index >= 15 is 0 Å². The number of nitrogens with zero attached hydrogens (tertiary/aromatic N) is 1. The molecule has 1 heterocycles. The predicted molar refractivity (Wildman–Crippen MR) is 70.3 cm³/mol. The number of rotatable bonds is 4. The minimum absolute atomic E-state index is 0.0822. The molecule has 6 heteroatoms. The minimum Gasteiger partial charge on any atom is -0.467 e. The van der Waals surface area contributed by atoms with Crippen molar-refractivity contribution >= 4 is 5.91 Å². The summed E-state index contributed by atoms with van der Waals surface area (Å²) in [6, 6.07) is 8.24. The van der Waals surface area contributed by atoms with Gasteiger partial charge in [0.1, 0.15) is 5.76 Å². The molecule has 21 heavy (non-hydrogen) atoms. The lowest BCUT2D eigenvalue weighted by Crippen LogP contribution is -2.27. The molecule has 2 rings (SSSR count). The van der Waals surface area contributed by atoms with Crippen molar-refractivity contribution in [1.29, 1.82) is 0 Å². The number of carbonyl (C=O) groups is 1. The highest BCUT2D eigenvalue weighted by Gasteiger charge is 2.30. The third kappa shape index (κ3) is 4.11. The standard InChI is InChI=1S/C15H14F3NO2/c1-19(10-13-6-3-7-21-13)14(20)9-11-4-2-5-12(8-11)15(16,17)18/h2-8H,9-10H2,1H3. The number of furan rings is 1. The largest absolute Gasteiger partial charge is 0.467 e.